The number of hydrogen-bond acceptors (Lipinski definition) is 4. The largest absolute Gasteiger partial charge is 0.493 e. The second-order valence-electron chi connectivity index (χ2n) is 6.56. The summed E-state index contributed by atoms with van der Waals surface area (Å²) in [7, 11) is 3.50. The molecular formula is C20H34IN3O2S. The number of thioether (sulfide) groups is 1. The van der Waals surface area contributed by atoms with Gasteiger partial charge >= 0.3 is 0 Å². The average Bonchev–Trinajstić information content (AvgIpc) is 3.17. The lowest BCUT2D eigenvalue weighted by Crippen LogP contribution is -2.37. The van der Waals surface area contributed by atoms with E-state index in [-0.39, 0.29) is 24.0 Å². The highest BCUT2D eigenvalue weighted by molar-refractivity contribution is 14.0. The second-order valence-corrected chi connectivity index (χ2v) is 7.55. The van der Waals surface area contributed by atoms with Crippen LogP contribution in [0.5, 0.6) is 11.5 Å². The Balaban J connectivity index is 0.00000364. The number of guanidine groups is 1. The van der Waals surface area contributed by atoms with Gasteiger partial charge in [0.05, 0.1) is 13.2 Å². The lowest BCUT2D eigenvalue weighted by atomic mass is 10.2. The van der Waals surface area contributed by atoms with Crippen molar-refractivity contribution in [3.05, 3.63) is 23.8 Å². The maximum absolute atomic E-state index is 6.17. The van der Waals surface area contributed by atoms with Crippen molar-refractivity contribution in [1.29, 1.82) is 0 Å². The van der Waals surface area contributed by atoms with Crippen LogP contribution in [-0.4, -0.2) is 44.8 Å². The van der Waals surface area contributed by atoms with E-state index < -0.39 is 0 Å². The molecule has 0 aliphatic heterocycles. The number of aliphatic imine (C=N–C) groups is 1. The molecule has 27 heavy (non-hydrogen) atoms. The van der Waals surface area contributed by atoms with Crippen molar-refractivity contribution in [2.75, 3.05) is 32.7 Å². The van der Waals surface area contributed by atoms with Crippen molar-refractivity contribution in [3.8, 4) is 11.5 Å². The predicted octanol–water partition coefficient (Wildman–Crippen LogP) is 4.44. The van der Waals surface area contributed by atoms with E-state index >= 15 is 0 Å². The number of unbranched alkanes of at least 4 members (excludes halogenated alkanes) is 1. The van der Waals surface area contributed by atoms with Crippen LogP contribution in [0, 0.1) is 0 Å². The standard InChI is InChI=1S/C20H33N3O2S.HI/c1-21-20(22-12-6-7-13-26-3)23-15-16-10-11-18(24-2)19(14-16)25-17-8-4-5-9-17;/h10-11,14,17H,4-9,12-13,15H2,1-3H3,(H2,21,22,23);1H. The molecule has 1 aliphatic carbocycles. The van der Waals surface area contributed by atoms with Gasteiger partial charge in [-0.1, -0.05) is 6.07 Å². The Morgan fingerprint density at radius 2 is 1.96 bits per heavy atom. The van der Waals surface area contributed by atoms with E-state index in [1.165, 1.54) is 25.0 Å². The molecule has 0 saturated heterocycles. The Morgan fingerprint density at radius 3 is 2.63 bits per heavy atom. The van der Waals surface area contributed by atoms with E-state index in [1.807, 2.05) is 17.8 Å². The molecule has 0 amide bonds. The first-order valence-corrected chi connectivity index (χ1v) is 10.9. The van der Waals surface area contributed by atoms with Gasteiger partial charge in [0.1, 0.15) is 0 Å². The molecular weight excluding hydrogens is 473 g/mol. The number of rotatable bonds is 10. The minimum atomic E-state index is 0. The van der Waals surface area contributed by atoms with Gasteiger partial charge in [0, 0.05) is 20.1 Å². The van der Waals surface area contributed by atoms with Crippen LogP contribution in [-0.2, 0) is 6.54 Å². The number of benzene rings is 1. The number of nitrogens with one attached hydrogen (secondary N) is 2. The summed E-state index contributed by atoms with van der Waals surface area (Å²) >= 11 is 1.89. The Hall–Kier alpha value is -0.830. The zero-order valence-electron chi connectivity index (χ0n) is 16.8. The predicted molar refractivity (Wildman–Crippen MR) is 127 cm³/mol. The van der Waals surface area contributed by atoms with E-state index in [9.17, 15) is 0 Å². The molecule has 0 radical (unpaired) electrons. The van der Waals surface area contributed by atoms with Crippen LogP contribution in [0.25, 0.3) is 0 Å². The number of hydrogen-bond donors (Lipinski definition) is 2. The first-order chi connectivity index (χ1) is 12.8. The molecule has 0 bridgehead atoms. The summed E-state index contributed by atoms with van der Waals surface area (Å²) in [6.45, 7) is 1.65. The van der Waals surface area contributed by atoms with Crippen molar-refractivity contribution in [1.82, 2.24) is 10.6 Å². The van der Waals surface area contributed by atoms with Crippen LogP contribution in [0.1, 0.15) is 44.1 Å². The quantitative estimate of drug-likeness (QED) is 0.212. The molecule has 0 spiro atoms. The number of nitrogens with zero attached hydrogens (tertiary/aromatic N) is 1. The van der Waals surface area contributed by atoms with Crippen molar-refractivity contribution < 1.29 is 9.47 Å². The van der Waals surface area contributed by atoms with Gasteiger partial charge < -0.3 is 20.1 Å². The molecule has 1 aliphatic rings. The molecule has 0 aromatic heterocycles. The van der Waals surface area contributed by atoms with Crippen LogP contribution in [0.3, 0.4) is 0 Å². The number of ether oxygens (including phenoxy) is 2. The molecule has 5 nitrogen and oxygen atoms in total. The Kier molecular flexibility index (Phi) is 12.7. The fraction of sp³-hybridized carbons (Fsp3) is 0.650. The van der Waals surface area contributed by atoms with Gasteiger partial charge in [-0.3, -0.25) is 4.99 Å². The lowest BCUT2D eigenvalue weighted by Gasteiger charge is -2.17. The van der Waals surface area contributed by atoms with Gasteiger partial charge in [-0.05, 0) is 68.2 Å². The summed E-state index contributed by atoms with van der Waals surface area (Å²) in [5.74, 6) is 3.70. The smallest absolute Gasteiger partial charge is 0.191 e. The monoisotopic (exact) mass is 507 g/mol. The van der Waals surface area contributed by atoms with Crippen LogP contribution < -0.4 is 20.1 Å². The molecule has 1 saturated carbocycles. The summed E-state index contributed by atoms with van der Waals surface area (Å²) < 4.78 is 11.6. The van der Waals surface area contributed by atoms with Crippen molar-refractivity contribution >= 4 is 41.7 Å². The van der Waals surface area contributed by atoms with Gasteiger partial charge in [0.2, 0.25) is 0 Å². The molecule has 0 heterocycles. The Bertz CT molecular complexity index is 566. The third-order valence-electron chi connectivity index (χ3n) is 4.58. The molecule has 2 N–H and O–H groups in total. The van der Waals surface area contributed by atoms with Gasteiger partial charge in [0.15, 0.2) is 17.5 Å². The molecule has 154 valence electrons. The first kappa shape index (κ1) is 24.2. The molecule has 1 aromatic rings. The maximum atomic E-state index is 6.17. The fourth-order valence-corrected chi connectivity index (χ4v) is 3.59. The van der Waals surface area contributed by atoms with Gasteiger partial charge in [-0.2, -0.15) is 11.8 Å². The third-order valence-corrected chi connectivity index (χ3v) is 5.27. The minimum absolute atomic E-state index is 0. The Labute approximate surface area is 185 Å². The van der Waals surface area contributed by atoms with Crippen molar-refractivity contribution in [3.63, 3.8) is 0 Å². The van der Waals surface area contributed by atoms with E-state index in [4.69, 9.17) is 9.47 Å². The average molecular weight is 507 g/mol. The highest BCUT2D eigenvalue weighted by atomic mass is 127. The highest BCUT2D eigenvalue weighted by Gasteiger charge is 2.18. The van der Waals surface area contributed by atoms with E-state index in [2.05, 4.69) is 34.0 Å². The lowest BCUT2D eigenvalue weighted by molar-refractivity contribution is 0.200. The number of halogens is 1. The number of methoxy groups -OCH3 is 1. The van der Waals surface area contributed by atoms with E-state index in [0.717, 1.165) is 48.8 Å². The van der Waals surface area contributed by atoms with Crippen molar-refractivity contribution in [2.24, 2.45) is 4.99 Å². The van der Waals surface area contributed by atoms with Crippen LogP contribution in [0.15, 0.2) is 23.2 Å². The minimum Gasteiger partial charge on any atom is -0.493 e. The van der Waals surface area contributed by atoms with Gasteiger partial charge in [-0.15, -0.1) is 24.0 Å². The zero-order valence-corrected chi connectivity index (χ0v) is 19.9. The molecule has 7 heteroatoms. The molecule has 0 unspecified atom stereocenters. The third kappa shape index (κ3) is 8.81. The normalized spacial score (nSPS) is 14.6. The van der Waals surface area contributed by atoms with Crippen LogP contribution in [0.2, 0.25) is 0 Å². The summed E-state index contributed by atoms with van der Waals surface area (Å²) in [5, 5.41) is 6.74. The van der Waals surface area contributed by atoms with Gasteiger partial charge in [0.25, 0.3) is 0 Å². The van der Waals surface area contributed by atoms with Crippen LogP contribution in [0.4, 0.5) is 0 Å². The molecule has 1 aromatic carbocycles. The molecule has 1 fully saturated rings. The Morgan fingerprint density at radius 1 is 1.19 bits per heavy atom. The summed E-state index contributed by atoms with van der Waals surface area (Å²) in [5.41, 5.74) is 1.16. The zero-order chi connectivity index (χ0) is 18.6. The maximum Gasteiger partial charge on any atom is 0.191 e. The van der Waals surface area contributed by atoms with E-state index in [1.54, 1.807) is 14.2 Å². The van der Waals surface area contributed by atoms with Crippen molar-refractivity contribution in [2.45, 2.75) is 51.2 Å². The first-order valence-electron chi connectivity index (χ1n) is 9.54. The topological polar surface area (TPSA) is 54.9 Å². The second kappa shape index (κ2) is 14.2. The molecule has 0 atom stereocenters. The molecule has 2 rings (SSSR count). The van der Waals surface area contributed by atoms with Gasteiger partial charge in [-0.25, -0.2) is 0 Å². The van der Waals surface area contributed by atoms with E-state index in [0.29, 0.717) is 12.6 Å². The SMILES string of the molecule is CN=C(NCCCCSC)NCc1ccc(OC)c(OC2CCCC2)c1.I. The van der Waals surface area contributed by atoms with Crippen LogP contribution >= 0.6 is 35.7 Å². The highest BCUT2D eigenvalue weighted by Crippen LogP contribution is 2.32. The summed E-state index contributed by atoms with van der Waals surface area (Å²) in [6, 6.07) is 6.13. The summed E-state index contributed by atoms with van der Waals surface area (Å²) in [4.78, 5) is 4.29. The summed E-state index contributed by atoms with van der Waals surface area (Å²) in [6.07, 6.45) is 9.64. The fourth-order valence-electron chi connectivity index (χ4n) is 3.09.